The van der Waals surface area contributed by atoms with Crippen molar-refractivity contribution in [3.05, 3.63) is 34.5 Å². The Labute approximate surface area is 128 Å². The van der Waals surface area contributed by atoms with E-state index in [0.29, 0.717) is 0 Å². The molecule has 0 fully saturated rings. The monoisotopic (exact) mass is 342 g/mol. The summed E-state index contributed by atoms with van der Waals surface area (Å²) in [5.74, 6) is 0. The van der Waals surface area contributed by atoms with Crippen molar-refractivity contribution >= 4 is 55.0 Å². The van der Waals surface area contributed by atoms with Gasteiger partial charge in [-0.3, -0.25) is 0 Å². The molecule has 0 bridgehead atoms. The predicted molar refractivity (Wildman–Crippen MR) is 81.8 cm³/mol. The molecule has 0 amide bonds. The molecule has 0 N–H and O–H groups in total. The van der Waals surface area contributed by atoms with Crippen LogP contribution in [-0.4, -0.2) is 9.97 Å². The van der Waals surface area contributed by atoms with E-state index < -0.39 is 0 Å². The fraction of sp³-hybridized carbons (Fsp3) is 0. The summed E-state index contributed by atoms with van der Waals surface area (Å²) in [6.45, 7) is 0. The first-order chi connectivity index (χ1) is 9.69. The highest BCUT2D eigenvalue weighted by atomic mass is 32.1. The van der Waals surface area contributed by atoms with E-state index in [-0.39, 0.29) is 10.3 Å². The van der Waals surface area contributed by atoms with Gasteiger partial charge in [-0.25, -0.2) is 9.97 Å². The highest BCUT2D eigenvalue weighted by Gasteiger charge is 2.15. The molecular formula is C12H4F2N2S4. The lowest BCUT2D eigenvalue weighted by atomic mass is 10.5. The Morgan fingerprint density at radius 3 is 1.45 bits per heavy atom. The molecule has 0 aliphatic carbocycles. The van der Waals surface area contributed by atoms with Gasteiger partial charge in [0, 0.05) is 0 Å². The van der Waals surface area contributed by atoms with E-state index in [4.69, 9.17) is 0 Å². The third-order valence-electron chi connectivity index (χ3n) is 2.54. The van der Waals surface area contributed by atoms with Crippen molar-refractivity contribution in [3.63, 3.8) is 0 Å². The van der Waals surface area contributed by atoms with Gasteiger partial charge in [0.1, 0.15) is 10.0 Å². The van der Waals surface area contributed by atoms with Crippen LogP contribution < -0.4 is 0 Å². The van der Waals surface area contributed by atoms with Gasteiger partial charge in [-0.05, 0) is 24.3 Å². The largest absolute Gasteiger partial charge is 0.222 e. The summed E-state index contributed by atoms with van der Waals surface area (Å²) in [5.41, 5.74) is 0. The fourth-order valence-corrected chi connectivity index (χ4v) is 5.32. The molecular weight excluding hydrogens is 338 g/mol. The Morgan fingerprint density at radius 2 is 1.10 bits per heavy atom. The predicted octanol–water partition coefficient (Wildman–Crippen LogP) is 5.49. The first-order valence-electron chi connectivity index (χ1n) is 5.48. The minimum Gasteiger partial charge on any atom is -0.222 e. The summed E-state index contributed by atoms with van der Waals surface area (Å²) in [5, 5.41) is 1.11. The molecule has 4 rings (SSSR count). The Balaban J connectivity index is 1.77. The molecule has 0 atom stereocenters. The minimum atomic E-state index is -0.221. The van der Waals surface area contributed by atoms with E-state index in [1.54, 1.807) is 12.1 Å². The molecule has 4 heterocycles. The van der Waals surface area contributed by atoms with Crippen LogP contribution in [0.5, 0.6) is 0 Å². The van der Waals surface area contributed by atoms with Gasteiger partial charge < -0.3 is 0 Å². The second-order valence-electron chi connectivity index (χ2n) is 3.86. The molecule has 0 aromatic carbocycles. The molecule has 0 aliphatic heterocycles. The zero-order chi connectivity index (χ0) is 13.7. The standard InChI is InChI=1S/C12H4F2N2S4/c13-7-3-1-5(17-7)9-15-11-12(19-9)16-10(20-11)6-2-4-8(14)18-6/h1-4H. The molecule has 20 heavy (non-hydrogen) atoms. The summed E-state index contributed by atoms with van der Waals surface area (Å²) in [4.78, 5) is 12.2. The van der Waals surface area contributed by atoms with Gasteiger partial charge >= 0.3 is 0 Å². The van der Waals surface area contributed by atoms with Crippen LogP contribution in [0.4, 0.5) is 8.78 Å². The van der Waals surface area contributed by atoms with Crippen LogP contribution in [0.3, 0.4) is 0 Å². The number of thiazole rings is 2. The topological polar surface area (TPSA) is 25.8 Å². The van der Waals surface area contributed by atoms with Gasteiger partial charge in [0.15, 0.2) is 19.9 Å². The summed E-state index contributed by atoms with van der Waals surface area (Å²) in [6, 6.07) is 6.31. The van der Waals surface area contributed by atoms with E-state index in [9.17, 15) is 8.78 Å². The van der Waals surface area contributed by atoms with Crippen LogP contribution in [0.2, 0.25) is 0 Å². The molecule has 0 saturated heterocycles. The van der Waals surface area contributed by atoms with E-state index in [0.717, 1.165) is 52.1 Å². The Morgan fingerprint density at radius 1 is 0.650 bits per heavy atom. The number of fused-ring (bicyclic) bond motifs is 1. The summed E-state index contributed by atoms with van der Waals surface area (Å²) in [6.07, 6.45) is 0. The van der Waals surface area contributed by atoms with Crippen LogP contribution in [0.15, 0.2) is 24.3 Å². The van der Waals surface area contributed by atoms with Crippen LogP contribution in [0.25, 0.3) is 29.4 Å². The minimum absolute atomic E-state index is 0.221. The summed E-state index contributed by atoms with van der Waals surface area (Å²) < 4.78 is 26.1. The first-order valence-corrected chi connectivity index (χ1v) is 8.74. The third kappa shape index (κ3) is 2.08. The number of halogens is 2. The molecule has 0 saturated carbocycles. The number of nitrogens with zero attached hydrogens (tertiary/aromatic N) is 2. The molecule has 4 aromatic heterocycles. The Bertz CT molecular complexity index is 800. The average molecular weight is 342 g/mol. The van der Waals surface area contributed by atoms with Gasteiger partial charge in [-0.1, -0.05) is 22.7 Å². The maximum Gasteiger partial charge on any atom is 0.177 e. The van der Waals surface area contributed by atoms with Crippen molar-refractivity contribution in [3.8, 4) is 19.8 Å². The maximum atomic E-state index is 13.0. The lowest BCUT2D eigenvalue weighted by Gasteiger charge is -1.87. The zero-order valence-electron chi connectivity index (χ0n) is 9.59. The second kappa shape index (κ2) is 4.66. The summed E-state index contributed by atoms with van der Waals surface area (Å²) >= 11 is 5.01. The lowest BCUT2D eigenvalue weighted by Crippen LogP contribution is -1.67. The highest BCUT2D eigenvalue weighted by Crippen LogP contribution is 2.39. The van der Waals surface area contributed by atoms with Crippen molar-refractivity contribution in [2.45, 2.75) is 0 Å². The van der Waals surface area contributed by atoms with Crippen LogP contribution in [0.1, 0.15) is 0 Å². The smallest absolute Gasteiger partial charge is 0.177 e. The molecule has 0 spiro atoms. The van der Waals surface area contributed by atoms with Gasteiger partial charge in [-0.15, -0.1) is 22.7 Å². The van der Waals surface area contributed by atoms with E-state index >= 15 is 0 Å². The summed E-state index contributed by atoms with van der Waals surface area (Å²) in [7, 11) is 0. The second-order valence-corrected chi connectivity index (χ2v) is 7.88. The lowest BCUT2D eigenvalue weighted by molar-refractivity contribution is 0.657. The maximum absolute atomic E-state index is 13.0. The number of aromatic nitrogens is 2. The van der Waals surface area contributed by atoms with Crippen LogP contribution >= 0.6 is 45.3 Å². The van der Waals surface area contributed by atoms with Crippen LogP contribution in [0, 0.1) is 10.3 Å². The molecule has 100 valence electrons. The van der Waals surface area contributed by atoms with Gasteiger partial charge in [0.25, 0.3) is 0 Å². The molecule has 0 unspecified atom stereocenters. The van der Waals surface area contributed by atoms with Gasteiger partial charge in [0.05, 0.1) is 9.75 Å². The highest BCUT2D eigenvalue weighted by molar-refractivity contribution is 7.31. The van der Waals surface area contributed by atoms with Crippen molar-refractivity contribution in [1.82, 2.24) is 9.97 Å². The molecule has 0 aliphatic rings. The number of hydrogen-bond acceptors (Lipinski definition) is 6. The molecule has 0 radical (unpaired) electrons. The van der Waals surface area contributed by atoms with Gasteiger partial charge in [-0.2, -0.15) is 8.78 Å². The zero-order valence-corrected chi connectivity index (χ0v) is 12.9. The Hall–Kier alpha value is -1.22. The van der Waals surface area contributed by atoms with Crippen LogP contribution in [-0.2, 0) is 0 Å². The van der Waals surface area contributed by atoms with Crippen molar-refractivity contribution in [1.29, 1.82) is 0 Å². The van der Waals surface area contributed by atoms with E-state index in [1.807, 2.05) is 0 Å². The number of rotatable bonds is 2. The number of hydrogen-bond donors (Lipinski definition) is 0. The molecule has 2 nitrogen and oxygen atoms in total. The van der Waals surface area contributed by atoms with Crippen molar-refractivity contribution in [2.24, 2.45) is 0 Å². The molecule has 8 heteroatoms. The first kappa shape index (κ1) is 12.5. The SMILES string of the molecule is Fc1ccc(-c2nc3sc(-c4ccc(F)s4)nc3s2)s1. The molecule has 4 aromatic rings. The average Bonchev–Trinajstić information content (AvgIpc) is 3.09. The normalized spacial score (nSPS) is 11.5. The Kier molecular flexibility index (Phi) is 2.92. The fourth-order valence-electron chi connectivity index (χ4n) is 1.71. The van der Waals surface area contributed by atoms with Crippen molar-refractivity contribution in [2.75, 3.05) is 0 Å². The third-order valence-corrected chi connectivity index (χ3v) is 6.66. The quantitative estimate of drug-likeness (QED) is 0.481. The van der Waals surface area contributed by atoms with E-state index in [2.05, 4.69) is 9.97 Å². The number of thiophene rings is 2. The van der Waals surface area contributed by atoms with E-state index in [1.165, 1.54) is 34.8 Å². The van der Waals surface area contributed by atoms with Gasteiger partial charge in [0.2, 0.25) is 0 Å². The van der Waals surface area contributed by atoms with Crippen molar-refractivity contribution < 1.29 is 8.78 Å².